The molecule has 0 amide bonds. The Hall–Kier alpha value is -2.67. The van der Waals surface area contributed by atoms with Gasteiger partial charge in [0, 0.05) is 29.6 Å². The molecule has 3 aliphatic rings. The Morgan fingerprint density at radius 1 is 1.26 bits per heavy atom. The van der Waals surface area contributed by atoms with Gasteiger partial charge in [0.25, 0.3) is 0 Å². The normalized spacial score (nSPS) is 35.2. The molecule has 2 aliphatic heterocycles. The van der Waals surface area contributed by atoms with E-state index in [-0.39, 0.29) is 11.7 Å². The lowest BCUT2D eigenvalue weighted by Crippen LogP contribution is -2.38. The Kier molecular flexibility index (Phi) is 6.28. The van der Waals surface area contributed by atoms with Crippen LogP contribution >= 0.6 is 0 Å². The topological polar surface area (TPSA) is 91.4 Å². The van der Waals surface area contributed by atoms with Crippen molar-refractivity contribution >= 4 is 17.9 Å². The zero-order valence-corrected chi connectivity index (χ0v) is 18.7. The fraction of sp³-hybridized carbons (Fsp3) is 0.542. The van der Waals surface area contributed by atoms with E-state index in [9.17, 15) is 14.4 Å². The lowest BCUT2D eigenvalue weighted by molar-refractivity contribution is -0.149. The van der Waals surface area contributed by atoms with Gasteiger partial charge in [-0.3, -0.25) is 0 Å². The Labute approximate surface area is 182 Å². The van der Waals surface area contributed by atoms with Gasteiger partial charge >= 0.3 is 17.9 Å². The predicted molar refractivity (Wildman–Crippen MR) is 113 cm³/mol. The molecular formula is C24H30O7. The molecule has 0 radical (unpaired) electrons. The highest BCUT2D eigenvalue weighted by Crippen LogP contribution is 2.48. The zero-order chi connectivity index (χ0) is 23.1. The molecule has 0 spiro atoms. The molecular weight excluding hydrogens is 400 g/mol. The van der Waals surface area contributed by atoms with Gasteiger partial charge in [-0.1, -0.05) is 19.2 Å². The maximum atomic E-state index is 12.5. The van der Waals surface area contributed by atoms with E-state index in [0.29, 0.717) is 24.0 Å². The number of epoxide rings is 1. The summed E-state index contributed by atoms with van der Waals surface area (Å²) in [6.07, 6.45) is 2.16. The molecule has 7 heteroatoms. The van der Waals surface area contributed by atoms with Gasteiger partial charge in [-0.25, -0.2) is 14.4 Å². The van der Waals surface area contributed by atoms with Crippen LogP contribution < -0.4 is 0 Å². The molecule has 6 atom stereocenters. The third kappa shape index (κ3) is 4.66. The van der Waals surface area contributed by atoms with E-state index in [1.165, 1.54) is 0 Å². The first-order valence-electron chi connectivity index (χ1n) is 10.4. The summed E-state index contributed by atoms with van der Waals surface area (Å²) < 4.78 is 23.0. The first-order valence-corrected chi connectivity index (χ1v) is 10.4. The van der Waals surface area contributed by atoms with E-state index < -0.39 is 47.7 Å². The van der Waals surface area contributed by atoms with Crippen molar-refractivity contribution < 1.29 is 33.3 Å². The number of hydrogen-bond donors (Lipinski definition) is 0. The van der Waals surface area contributed by atoms with Crippen LogP contribution in [0.2, 0.25) is 0 Å². The fourth-order valence-electron chi connectivity index (χ4n) is 4.06. The van der Waals surface area contributed by atoms with Crippen molar-refractivity contribution in [2.45, 2.75) is 77.5 Å². The standard InChI is InChI=1S/C24H30O7/c1-8-13(4)22(26)30-18-11-24(7)19(31-24)10-16(28-21(25)12(2)3)14(5)9-17-20(18)15(6)23(27)29-17/h8-9,16-20H,2,6,10-11H2,1,3-5,7H3/b13-8-,14-9?/t16-,17+,18+,19+,20-,24+/m0/s1. The summed E-state index contributed by atoms with van der Waals surface area (Å²) in [6, 6.07) is 0. The van der Waals surface area contributed by atoms with E-state index in [1.807, 2.05) is 13.8 Å². The van der Waals surface area contributed by atoms with Crippen molar-refractivity contribution in [1.82, 2.24) is 0 Å². The van der Waals surface area contributed by atoms with Crippen molar-refractivity contribution in [2.24, 2.45) is 5.92 Å². The summed E-state index contributed by atoms with van der Waals surface area (Å²) in [5.41, 5.74) is 1.16. The minimum absolute atomic E-state index is 0.189. The molecule has 0 aromatic heterocycles. The molecule has 0 aromatic carbocycles. The number of carbonyl (C=O) groups excluding carboxylic acids is 3. The number of rotatable bonds is 4. The summed E-state index contributed by atoms with van der Waals surface area (Å²) >= 11 is 0. The van der Waals surface area contributed by atoms with E-state index in [2.05, 4.69) is 13.2 Å². The van der Waals surface area contributed by atoms with Gasteiger partial charge in [-0.15, -0.1) is 0 Å². The summed E-state index contributed by atoms with van der Waals surface area (Å²) in [7, 11) is 0. The Morgan fingerprint density at radius 2 is 1.94 bits per heavy atom. The van der Waals surface area contributed by atoms with E-state index in [1.54, 1.807) is 32.9 Å². The first-order chi connectivity index (χ1) is 14.5. The summed E-state index contributed by atoms with van der Waals surface area (Å²) in [5, 5.41) is 0. The molecule has 0 bridgehead atoms. The number of hydrogen-bond acceptors (Lipinski definition) is 7. The number of carbonyl (C=O) groups is 3. The molecule has 0 saturated carbocycles. The minimum Gasteiger partial charge on any atom is -0.458 e. The molecule has 1 aliphatic carbocycles. The van der Waals surface area contributed by atoms with Gasteiger partial charge in [0.1, 0.15) is 18.3 Å². The number of allylic oxidation sites excluding steroid dienone is 1. The lowest BCUT2D eigenvalue weighted by Gasteiger charge is -2.29. The molecule has 2 saturated heterocycles. The molecule has 2 heterocycles. The summed E-state index contributed by atoms with van der Waals surface area (Å²) in [6.45, 7) is 16.3. The Balaban J connectivity index is 1.98. The smallest absolute Gasteiger partial charge is 0.334 e. The molecule has 168 valence electrons. The van der Waals surface area contributed by atoms with Gasteiger partial charge in [-0.2, -0.15) is 0 Å². The third-order valence-corrected chi connectivity index (χ3v) is 6.28. The fourth-order valence-corrected chi connectivity index (χ4v) is 4.06. The van der Waals surface area contributed by atoms with Crippen LogP contribution in [0.4, 0.5) is 0 Å². The van der Waals surface area contributed by atoms with Crippen molar-refractivity contribution in [3.05, 3.63) is 47.6 Å². The average Bonchev–Trinajstić information content (AvgIpc) is 3.24. The van der Waals surface area contributed by atoms with Crippen LogP contribution in [0.1, 0.15) is 47.5 Å². The van der Waals surface area contributed by atoms with Crippen molar-refractivity contribution in [3.8, 4) is 0 Å². The zero-order valence-electron chi connectivity index (χ0n) is 18.7. The van der Waals surface area contributed by atoms with Crippen molar-refractivity contribution in [1.29, 1.82) is 0 Å². The molecule has 0 N–H and O–H groups in total. The minimum atomic E-state index is -0.686. The number of fused-ring (bicyclic) bond motifs is 2. The van der Waals surface area contributed by atoms with Crippen molar-refractivity contribution in [3.63, 3.8) is 0 Å². The summed E-state index contributed by atoms with van der Waals surface area (Å²) in [4.78, 5) is 37.0. The SMILES string of the molecule is C=C(C)C(=O)O[C@H]1C[C@H]2O[C@]2(C)C[C@@H](OC(=O)/C(C)=C\C)[C@H]2C(=C)C(=O)O[C@@H]2C=C1C. The van der Waals surface area contributed by atoms with Gasteiger partial charge in [-0.05, 0) is 46.3 Å². The second-order valence-corrected chi connectivity index (χ2v) is 8.78. The summed E-state index contributed by atoms with van der Waals surface area (Å²) in [5.74, 6) is -2.04. The number of ether oxygens (including phenoxy) is 4. The van der Waals surface area contributed by atoms with Gasteiger partial charge < -0.3 is 18.9 Å². The van der Waals surface area contributed by atoms with Crippen LogP contribution in [0, 0.1) is 5.92 Å². The van der Waals surface area contributed by atoms with E-state index >= 15 is 0 Å². The quantitative estimate of drug-likeness (QED) is 0.222. The second kappa shape index (κ2) is 8.46. The second-order valence-electron chi connectivity index (χ2n) is 8.78. The van der Waals surface area contributed by atoms with Crippen LogP contribution in [-0.2, 0) is 33.3 Å². The molecule has 0 aromatic rings. The highest BCUT2D eigenvalue weighted by Gasteiger charge is 2.58. The largest absolute Gasteiger partial charge is 0.458 e. The number of esters is 3. The van der Waals surface area contributed by atoms with Crippen LogP contribution in [-0.4, -0.2) is 47.9 Å². The third-order valence-electron chi connectivity index (χ3n) is 6.28. The molecule has 31 heavy (non-hydrogen) atoms. The molecule has 7 nitrogen and oxygen atoms in total. The van der Waals surface area contributed by atoms with E-state index in [4.69, 9.17) is 18.9 Å². The highest BCUT2D eigenvalue weighted by atomic mass is 16.6. The maximum absolute atomic E-state index is 12.5. The molecule has 0 unspecified atom stereocenters. The average molecular weight is 430 g/mol. The Bertz CT molecular complexity index is 896. The van der Waals surface area contributed by atoms with Crippen LogP contribution in [0.3, 0.4) is 0 Å². The lowest BCUT2D eigenvalue weighted by atomic mass is 9.82. The van der Waals surface area contributed by atoms with Crippen LogP contribution in [0.5, 0.6) is 0 Å². The van der Waals surface area contributed by atoms with Crippen LogP contribution in [0.15, 0.2) is 47.6 Å². The van der Waals surface area contributed by atoms with Gasteiger partial charge in [0.15, 0.2) is 0 Å². The van der Waals surface area contributed by atoms with E-state index in [0.717, 1.165) is 5.57 Å². The maximum Gasteiger partial charge on any atom is 0.334 e. The Morgan fingerprint density at radius 3 is 2.55 bits per heavy atom. The predicted octanol–water partition coefficient (Wildman–Crippen LogP) is 3.35. The monoisotopic (exact) mass is 430 g/mol. The van der Waals surface area contributed by atoms with Crippen LogP contribution in [0.25, 0.3) is 0 Å². The molecule has 2 fully saturated rings. The van der Waals surface area contributed by atoms with Gasteiger partial charge in [0.05, 0.1) is 17.6 Å². The van der Waals surface area contributed by atoms with Gasteiger partial charge in [0.2, 0.25) is 0 Å². The van der Waals surface area contributed by atoms with Crippen molar-refractivity contribution in [2.75, 3.05) is 0 Å². The highest BCUT2D eigenvalue weighted by molar-refractivity contribution is 5.92. The molecule has 3 rings (SSSR count). The first kappa shape index (κ1) is 23.0.